The third kappa shape index (κ3) is 3.24. The molecule has 0 bridgehead atoms. The Balaban J connectivity index is 1.44. The van der Waals surface area contributed by atoms with Crippen molar-refractivity contribution >= 4 is 23.4 Å². The molecule has 0 radical (unpaired) electrons. The molecule has 4 rings (SSSR count). The fourth-order valence-corrected chi connectivity index (χ4v) is 3.92. The Labute approximate surface area is 156 Å². The lowest BCUT2D eigenvalue weighted by Gasteiger charge is -2.22. The van der Waals surface area contributed by atoms with Crippen LogP contribution in [-0.2, 0) is 11.2 Å². The highest BCUT2D eigenvalue weighted by Crippen LogP contribution is 2.33. The lowest BCUT2D eigenvalue weighted by Crippen LogP contribution is -2.36. The Kier molecular flexibility index (Phi) is 4.51. The van der Waals surface area contributed by atoms with Crippen molar-refractivity contribution in [1.82, 2.24) is 10.2 Å². The summed E-state index contributed by atoms with van der Waals surface area (Å²) >= 11 is 1.28. The molecule has 2 heterocycles. The highest BCUT2D eigenvalue weighted by molar-refractivity contribution is 7.99. The fraction of sp³-hybridized carbons (Fsp3) is 0.250. The minimum Gasteiger partial charge on any atom is -0.411 e. The number of carbonyl (C=O) groups is 1. The van der Waals surface area contributed by atoms with Gasteiger partial charge in [0, 0.05) is 17.3 Å². The summed E-state index contributed by atoms with van der Waals surface area (Å²) in [4.78, 5) is 14.6. The van der Waals surface area contributed by atoms with E-state index in [1.165, 1.54) is 17.3 Å². The predicted molar refractivity (Wildman–Crippen MR) is 102 cm³/mol. The van der Waals surface area contributed by atoms with E-state index in [4.69, 9.17) is 4.42 Å². The van der Waals surface area contributed by atoms with Gasteiger partial charge in [0.15, 0.2) is 0 Å². The summed E-state index contributed by atoms with van der Waals surface area (Å²) in [6.45, 7) is 4.09. The smallest absolute Gasteiger partial charge is 0.277 e. The lowest BCUT2D eigenvalue weighted by atomic mass is 10.1. The first-order chi connectivity index (χ1) is 12.6. The third-order valence-electron chi connectivity index (χ3n) is 4.47. The summed E-state index contributed by atoms with van der Waals surface area (Å²) in [5.74, 6) is 0.806. The molecule has 0 saturated heterocycles. The third-order valence-corrected chi connectivity index (χ3v) is 5.27. The van der Waals surface area contributed by atoms with Crippen LogP contribution in [0.25, 0.3) is 11.5 Å². The largest absolute Gasteiger partial charge is 0.411 e. The van der Waals surface area contributed by atoms with Gasteiger partial charge in [-0.3, -0.25) is 4.79 Å². The highest BCUT2D eigenvalue weighted by Gasteiger charge is 2.30. The van der Waals surface area contributed by atoms with Crippen LogP contribution >= 0.6 is 11.8 Å². The first-order valence-electron chi connectivity index (χ1n) is 8.55. The molecule has 0 aliphatic carbocycles. The van der Waals surface area contributed by atoms with Crippen molar-refractivity contribution in [2.75, 3.05) is 10.7 Å². The van der Waals surface area contributed by atoms with E-state index in [0.29, 0.717) is 11.1 Å². The SMILES string of the molecule is Cc1cccc(-c2nnc(SCC(=O)N3c4ccccc4C[C@H]3C)o2)c1. The first-order valence-corrected chi connectivity index (χ1v) is 9.53. The monoisotopic (exact) mass is 365 g/mol. The number of benzene rings is 2. The van der Waals surface area contributed by atoms with Gasteiger partial charge in [0.1, 0.15) is 0 Å². The molecule has 26 heavy (non-hydrogen) atoms. The number of aromatic nitrogens is 2. The molecule has 0 unspecified atom stereocenters. The maximum absolute atomic E-state index is 12.7. The second-order valence-corrected chi connectivity index (χ2v) is 7.40. The molecule has 1 amide bonds. The van der Waals surface area contributed by atoms with E-state index in [0.717, 1.165) is 23.2 Å². The average Bonchev–Trinajstić information content (AvgIpc) is 3.23. The number of hydrogen-bond acceptors (Lipinski definition) is 5. The van der Waals surface area contributed by atoms with E-state index in [1.807, 2.05) is 54.3 Å². The fourth-order valence-electron chi connectivity index (χ4n) is 3.30. The number of nitrogens with zero attached hydrogens (tertiary/aromatic N) is 3. The Morgan fingerprint density at radius 1 is 1.23 bits per heavy atom. The summed E-state index contributed by atoms with van der Waals surface area (Å²) in [6, 6.07) is 16.1. The summed E-state index contributed by atoms with van der Waals surface area (Å²) in [5, 5.41) is 8.56. The van der Waals surface area contributed by atoms with Crippen molar-refractivity contribution in [2.45, 2.75) is 31.5 Å². The van der Waals surface area contributed by atoms with Gasteiger partial charge in [-0.2, -0.15) is 0 Å². The van der Waals surface area contributed by atoms with Gasteiger partial charge in [-0.05, 0) is 44.0 Å². The molecule has 1 aromatic heterocycles. The van der Waals surface area contributed by atoms with E-state index in [1.54, 1.807) is 0 Å². The quantitative estimate of drug-likeness (QED) is 0.651. The van der Waals surface area contributed by atoms with E-state index in [2.05, 4.69) is 23.2 Å². The molecule has 6 heteroatoms. The van der Waals surface area contributed by atoms with E-state index in [-0.39, 0.29) is 17.7 Å². The predicted octanol–water partition coefficient (Wildman–Crippen LogP) is 4.11. The van der Waals surface area contributed by atoms with Crippen LogP contribution in [0.4, 0.5) is 5.69 Å². The Hall–Kier alpha value is -2.60. The number of carbonyl (C=O) groups excluding carboxylic acids is 1. The van der Waals surface area contributed by atoms with Crippen molar-refractivity contribution in [3.8, 4) is 11.5 Å². The van der Waals surface area contributed by atoms with Crippen LogP contribution in [0.15, 0.2) is 58.2 Å². The number of hydrogen-bond donors (Lipinski definition) is 0. The van der Waals surface area contributed by atoms with E-state index >= 15 is 0 Å². The molecule has 1 atom stereocenters. The lowest BCUT2D eigenvalue weighted by molar-refractivity contribution is -0.116. The van der Waals surface area contributed by atoms with Crippen molar-refractivity contribution in [3.05, 3.63) is 59.7 Å². The molecular formula is C20H19N3O2S. The van der Waals surface area contributed by atoms with Crippen molar-refractivity contribution in [1.29, 1.82) is 0 Å². The Morgan fingerprint density at radius 2 is 2.08 bits per heavy atom. The van der Waals surface area contributed by atoms with Gasteiger partial charge in [-0.25, -0.2) is 0 Å². The molecule has 1 aliphatic rings. The molecule has 1 aliphatic heterocycles. The number of anilines is 1. The van der Waals surface area contributed by atoms with Crippen LogP contribution < -0.4 is 4.90 Å². The number of amides is 1. The summed E-state index contributed by atoms with van der Waals surface area (Å²) in [5.41, 5.74) is 4.25. The molecular weight excluding hydrogens is 346 g/mol. The molecule has 5 nitrogen and oxygen atoms in total. The van der Waals surface area contributed by atoms with Crippen LogP contribution in [0.1, 0.15) is 18.1 Å². The number of rotatable bonds is 4. The van der Waals surface area contributed by atoms with Gasteiger partial charge in [0.05, 0.1) is 5.75 Å². The van der Waals surface area contributed by atoms with Gasteiger partial charge >= 0.3 is 0 Å². The van der Waals surface area contributed by atoms with Gasteiger partial charge in [0.2, 0.25) is 11.8 Å². The second-order valence-electron chi connectivity index (χ2n) is 6.48. The molecule has 3 aromatic rings. The number of fused-ring (bicyclic) bond motifs is 1. The zero-order chi connectivity index (χ0) is 18.1. The zero-order valence-electron chi connectivity index (χ0n) is 14.7. The van der Waals surface area contributed by atoms with E-state index in [9.17, 15) is 4.79 Å². The molecule has 0 spiro atoms. The van der Waals surface area contributed by atoms with Crippen molar-refractivity contribution < 1.29 is 9.21 Å². The molecule has 2 aromatic carbocycles. The van der Waals surface area contributed by atoms with Crippen molar-refractivity contribution in [2.24, 2.45) is 0 Å². The number of aryl methyl sites for hydroxylation is 1. The van der Waals surface area contributed by atoms with Gasteiger partial charge < -0.3 is 9.32 Å². The normalized spacial score (nSPS) is 15.9. The first kappa shape index (κ1) is 16.8. The Morgan fingerprint density at radius 3 is 2.92 bits per heavy atom. The zero-order valence-corrected chi connectivity index (χ0v) is 15.5. The number of para-hydroxylation sites is 1. The summed E-state index contributed by atoms with van der Waals surface area (Å²) in [6.07, 6.45) is 0.893. The van der Waals surface area contributed by atoms with Crippen molar-refractivity contribution in [3.63, 3.8) is 0 Å². The van der Waals surface area contributed by atoms with Crippen LogP contribution in [0.3, 0.4) is 0 Å². The maximum Gasteiger partial charge on any atom is 0.277 e. The minimum absolute atomic E-state index is 0.0581. The maximum atomic E-state index is 12.7. The molecule has 0 N–H and O–H groups in total. The van der Waals surface area contributed by atoms with Crippen LogP contribution in [0.2, 0.25) is 0 Å². The summed E-state index contributed by atoms with van der Waals surface area (Å²) < 4.78 is 5.70. The number of thioether (sulfide) groups is 1. The van der Waals surface area contributed by atoms with E-state index < -0.39 is 0 Å². The van der Waals surface area contributed by atoms with Gasteiger partial charge in [0.25, 0.3) is 5.22 Å². The molecule has 0 fully saturated rings. The topological polar surface area (TPSA) is 59.2 Å². The summed E-state index contributed by atoms with van der Waals surface area (Å²) in [7, 11) is 0. The minimum atomic E-state index is 0.0581. The Bertz CT molecular complexity index is 953. The van der Waals surface area contributed by atoms with Gasteiger partial charge in [-0.1, -0.05) is 47.7 Å². The second kappa shape index (κ2) is 6.96. The highest BCUT2D eigenvalue weighted by atomic mass is 32.2. The van der Waals surface area contributed by atoms with Gasteiger partial charge in [-0.15, -0.1) is 10.2 Å². The molecule has 0 saturated carbocycles. The standard InChI is InChI=1S/C20H19N3O2S/c1-13-6-5-8-16(10-13)19-21-22-20(25-19)26-12-18(24)23-14(2)11-15-7-3-4-9-17(15)23/h3-10,14H,11-12H2,1-2H3/t14-/m1/s1. The van der Waals surface area contributed by atoms with Crippen LogP contribution in [0.5, 0.6) is 0 Å². The average molecular weight is 365 g/mol. The van der Waals surface area contributed by atoms with Crippen LogP contribution in [-0.4, -0.2) is 27.9 Å². The molecule has 132 valence electrons. The van der Waals surface area contributed by atoms with Crippen LogP contribution in [0, 0.1) is 6.92 Å².